The number of likely N-dealkylation sites (N-methyl/N-ethyl adjacent to an activating group) is 3. The van der Waals surface area contributed by atoms with Crippen LogP contribution in [-0.2, 0) is 35.1 Å². The minimum absolute atomic E-state index is 0.0454. The maximum Gasteiger partial charge on any atom is 0.323 e. The highest BCUT2D eigenvalue weighted by atomic mass is 32.1. The molecule has 53 heavy (non-hydrogen) atoms. The first kappa shape index (κ1) is 43.5. The molecular formula is C39H60N6O7S. The van der Waals surface area contributed by atoms with Crippen molar-refractivity contribution < 1.29 is 33.4 Å². The minimum atomic E-state index is -0.831. The Kier molecular flexibility index (Phi) is 16.9. The number of methoxy groups -OCH3 is 1. The molecule has 0 unspecified atom stereocenters. The Hall–Kier alpha value is -3.88. The van der Waals surface area contributed by atoms with Crippen molar-refractivity contribution in [3.63, 3.8) is 0 Å². The molecule has 0 spiro atoms. The van der Waals surface area contributed by atoms with Crippen molar-refractivity contribution in [2.75, 3.05) is 41.8 Å². The molecular weight excluding hydrogens is 697 g/mol. The third kappa shape index (κ3) is 12.6. The Balaban J connectivity index is 1.82. The summed E-state index contributed by atoms with van der Waals surface area (Å²) in [6.45, 7) is 9.96. The lowest BCUT2D eigenvalue weighted by atomic mass is 9.94. The number of esters is 2. The van der Waals surface area contributed by atoms with Gasteiger partial charge in [-0.2, -0.15) is 0 Å². The largest absolute Gasteiger partial charge is 0.468 e. The van der Waals surface area contributed by atoms with E-state index < -0.39 is 42.1 Å². The number of ether oxygens (including phenoxy) is 2. The second-order valence-electron chi connectivity index (χ2n) is 15.0. The van der Waals surface area contributed by atoms with Crippen molar-refractivity contribution in [1.29, 1.82) is 0 Å². The lowest BCUT2D eigenvalue weighted by molar-refractivity contribution is -0.149. The van der Waals surface area contributed by atoms with Gasteiger partial charge < -0.3 is 25.0 Å². The van der Waals surface area contributed by atoms with Crippen molar-refractivity contribution in [2.45, 2.75) is 109 Å². The first-order chi connectivity index (χ1) is 25.0. The average Bonchev–Trinajstić information content (AvgIpc) is 3.61. The molecule has 0 bridgehead atoms. The van der Waals surface area contributed by atoms with E-state index in [4.69, 9.17) is 9.47 Å². The molecule has 14 heteroatoms. The van der Waals surface area contributed by atoms with Crippen LogP contribution in [0.1, 0.15) is 93.9 Å². The highest BCUT2D eigenvalue weighted by Crippen LogP contribution is 2.31. The fraction of sp³-hybridized carbons (Fsp3) is 0.641. The quantitative estimate of drug-likeness (QED) is 0.213. The summed E-state index contributed by atoms with van der Waals surface area (Å²) < 4.78 is 10.8. The van der Waals surface area contributed by atoms with Crippen LogP contribution in [0.5, 0.6) is 0 Å². The van der Waals surface area contributed by atoms with E-state index >= 15 is 0 Å². The zero-order valence-corrected chi connectivity index (χ0v) is 33.9. The van der Waals surface area contributed by atoms with Gasteiger partial charge >= 0.3 is 11.9 Å². The van der Waals surface area contributed by atoms with E-state index in [9.17, 15) is 24.0 Å². The zero-order valence-electron chi connectivity index (χ0n) is 33.1. The van der Waals surface area contributed by atoms with Gasteiger partial charge in [-0.3, -0.25) is 33.8 Å². The summed E-state index contributed by atoms with van der Waals surface area (Å²) in [5.74, 6) is -1.92. The number of carbonyl (C=O) groups is 5. The van der Waals surface area contributed by atoms with Gasteiger partial charge in [-0.15, -0.1) is 11.3 Å². The molecule has 0 saturated carbocycles. The number of benzene rings is 1. The molecule has 6 atom stereocenters. The van der Waals surface area contributed by atoms with Crippen molar-refractivity contribution >= 4 is 41.0 Å². The third-order valence-electron chi connectivity index (χ3n) is 9.98. The van der Waals surface area contributed by atoms with Crippen LogP contribution in [0.15, 0.2) is 35.7 Å². The van der Waals surface area contributed by atoms with Gasteiger partial charge in [0.05, 0.1) is 13.2 Å². The zero-order chi connectivity index (χ0) is 39.4. The maximum atomic E-state index is 14.1. The Morgan fingerprint density at radius 2 is 1.66 bits per heavy atom. The molecule has 1 aliphatic rings. The first-order valence-corrected chi connectivity index (χ1v) is 19.4. The SMILES string of the molecule is COC(=O)[C@H](C[C@H](Cc1ccccc1)NC(=O)c1csc([C@@H](C[C@H](C(C)C)N(C)C(=O)[C@@H](NC(=O)[C@H]2CCCCN2C)C(C)C)OC(C)=O)n1)N(C)C. The summed E-state index contributed by atoms with van der Waals surface area (Å²) in [4.78, 5) is 76.2. The summed E-state index contributed by atoms with van der Waals surface area (Å²) in [5.41, 5.74) is 1.15. The molecule has 0 aliphatic carbocycles. The number of piperidine rings is 1. The van der Waals surface area contributed by atoms with Crippen LogP contribution >= 0.6 is 11.3 Å². The molecule has 1 saturated heterocycles. The number of amides is 3. The molecule has 3 amide bonds. The van der Waals surface area contributed by atoms with E-state index in [-0.39, 0.29) is 47.8 Å². The van der Waals surface area contributed by atoms with Crippen molar-refractivity contribution in [2.24, 2.45) is 11.8 Å². The van der Waals surface area contributed by atoms with Crippen LogP contribution in [0.3, 0.4) is 0 Å². The van der Waals surface area contributed by atoms with Crippen LogP contribution in [0.2, 0.25) is 0 Å². The summed E-state index contributed by atoms with van der Waals surface area (Å²) in [6.07, 6.45) is 2.95. The van der Waals surface area contributed by atoms with Crippen LogP contribution in [0.4, 0.5) is 0 Å². The number of carbonyl (C=O) groups excluding carboxylic acids is 5. The van der Waals surface area contributed by atoms with Gasteiger partial charge in [-0.25, -0.2) is 4.98 Å². The van der Waals surface area contributed by atoms with Gasteiger partial charge in [-0.1, -0.05) is 64.4 Å². The number of rotatable bonds is 18. The topological polar surface area (TPSA) is 150 Å². The predicted molar refractivity (Wildman–Crippen MR) is 205 cm³/mol. The lowest BCUT2D eigenvalue weighted by Crippen LogP contribution is -2.57. The summed E-state index contributed by atoms with van der Waals surface area (Å²) in [7, 11) is 8.57. The van der Waals surface area contributed by atoms with Crippen molar-refractivity contribution in [3.05, 3.63) is 52.0 Å². The van der Waals surface area contributed by atoms with Gasteiger partial charge in [0, 0.05) is 37.9 Å². The van der Waals surface area contributed by atoms with E-state index in [0.717, 1.165) is 31.4 Å². The summed E-state index contributed by atoms with van der Waals surface area (Å²) >= 11 is 1.20. The molecule has 1 aromatic heterocycles. The number of likely N-dealkylation sites (tertiary alicyclic amines) is 1. The molecule has 1 aliphatic heterocycles. The normalized spacial score (nSPS) is 17.8. The number of hydrogen-bond donors (Lipinski definition) is 2. The minimum Gasteiger partial charge on any atom is -0.468 e. The van der Waals surface area contributed by atoms with E-state index in [0.29, 0.717) is 17.8 Å². The third-order valence-corrected chi connectivity index (χ3v) is 10.9. The number of thiazole rings is 1. The van der Waals surface area contributed by atoms with Gasteiger partial charge in [0.1, 0.15) is 22.8 Å². The second kappa shape index (κ2) is 20.5. The van der Waals surface area contributed by atoms with Crippen LogP contribution in [0.25, 0.3) is 0 Å². The van der Waals surface area contributed by atoms with Gasteiger partial charge in [0.2, 0.25) is 11.8 Å². The highest BCUT2D eigenvalue weighted by molar-refractivity contribution is 7.09. The second-order valence-corrected chi connectivity index (χ2v) is 15.9. The number of nitrogens with one attached hydrogen (secondary N) is 2. The van der Waals surface area contributed by atoms with E-state index in [1.807, 2.05) is 70.0 Å². The van der Waals surface area contributed by atoms with Crippen LogP contribution < -0.4 is 10.6 Å². The monoisotopic (exact) mass is 756 g/mol. The number of nitrogens with zero attached hydrogens (tertiary/aromatic N) is 4. The number of aromatic nitrogens is 1. The Morgan fingerprint density at radius 3 is 2.23 bits per heavy atom. The fourth-order valence-electron chi connectivity index (χ4n) is 6.86. The van der Waals surface area contributed by atoms with Crippen molar-refractivity contribution in [3.8, 4) is 0 Å². The average molecular weight is 757 g/mol. The lowest BCUT2D eigenvalue weighted by Gasteiger charge is -2.37. The van der Waals surface area contributed by atoms with E-state index in [1.165, 1.54) is 25.4 Å². The van der Waals surface area contributed by atoms with Crippen molar-refractivity contribution in [1.82, 2.24) is 30.3 Å². The Morgan fingerprint density at radius 1 is 0.981 bits per heavy atom. The standard InChI is InChI=1S/C39H60N6O7S/c1-24(2)31(45(9)38(49)34(25(3)4)42-36(48)30-18-14-15-19-44(30)8)22-33(52-26(5)46)37-41-29(23-53-37)35(47)40-28(20-27-16-12-11-13-17-27)21-32(43(6)7)39(50)51-10/h11-13,16-17,23-25,28,30-34H,14-15,18-22H2,1-10H3,(H,40,47)(H,42,48)/t28-,30+,31+,32-,33+,34-/m0/s1. The smallest absolute Gasteiger partial charge is 0.323 e. The molecule has 2 heterocycles. The predicted octanol–water partition coefficient (Wildman–Crippen LogP) is 4.08. The maximum absolute atomic E-state index is 14.1. The number of hydrogen-bond acceptors (Lipinski definition) is 11. The van der Waals surface area contributed by atoms with Crippen LogP contribution in [-0.4, -0.2) is 121 Å². The molecule has 3 rings (SSSR count). The van der Waals surface area contributed by atoms with E-state index in [1.54, 1.807) is 36.3 Å². The first-order valence-electron chi connectivity index (χ1n) is 18.5. The molecule has 1 fully saturated rings. The fourth-order valence-corrected chi connectivity index (χ4v) is 7.70. The molecule has 2 aromatic rings. The van der Waals surface area contributed by atoms with Crippen LogP contribution in [0, 0.1) is 11.8 Å². The summed E-state index contributed by atoms with van der Waals surface area (Å²) in [6, 6.07) is 7.28. The van der Waals surface area contributed by atoms with Gasteiger partial charge in [-0.05, 0) is 70.8 Å². The van der Waals surface area contributed by atoms with E-state index in [2.05, 4.69) is 15.6 Å². The molecule has 294 valence electrons. The molecule has 1 aromatic carbocycles. The Labute approximate surface area is 319 Å². The highest BCUT2D eigenvalue weighted by Gasteiger charge is 2.37. The summed E-state index contributed by atoms with van der Waals surface area (Å²) in [5, 5.41) is 8.15. The van der Waals surface area contributed by atoms with Gasteiger partial charge in [0.15, 0.2) is 6.10 Å². The molecule has 0 radical (unpaired) electrons. The molecule has 13 nitrogen and oxygen atoms in total. The van der Waals surface area contributed by atoms with Gasteiger partial charge in [0.25, 0.3) is 5.91 Å². The Bertz CT molecular complexity index is 1520. The molecule has 2 N–H and O–H groups in total.